The van der Waals surface area contributed by atoms with Crippen molar-refractivity contribution in [1.29, 1.82) is 0 Å². The minimum atomic E-state index is -1.14. The van der Waals surface area contributed by atoms with Gasteiger partial charge < -0.3 is 15.0 Å². The Morgan fingerprint density at radius 2 is 1.86 bits per heavy atom. The summed E-state index contributed by atoms with van der Waals surface area (Å²) in [5.74, 6) is -0.730. The van der Waals surface area contributed by atoms with E-state index in [4.69, 9.17) is 27.9 Å². The number of carbonyl (C=O) groups excluding carboxylic acids is 3. The first-order valence-corrected chi connectivity index (χ1v) is 13.0. The molecule has 37 heavy (non-hydrogen) atoms. The van der Waals surface area contributed by atoms with Crippen LogP contribution in [-0.4, -0.2) is 41.4 Å². The van der Waals surface area contributed by atoms with E-state index in [2.05, 4.69) is 5.32 Å². The van der Waals surface area contributed by atoms with Gasteiger partial charge in [-0.25, -0.2) is 4.79 Å². The number of fused-ring (bicyclic) bond motifs is 2. The second-order valence-corrected chi connectivity index (χ2v) is 11.6. The maximum Gasteiger partial charge on any atom is 0.410 e. The Hall–Kier alpha value is -3.09. The molecular weight excluding hydrogens is 511 g/mol. The number of hydrogen-bond acceptors (Lipinski definition) is 4. The summed E-state index contributed by atoms with van der Waals surface area (Å²) in [6, 6.07) is 12.7. The van der Waals surface area contributed by atoms with Crippen LogP contribution in [0, 0.1) is 0 Å². The molecule has 0 unspecified atom stereocenters. The number of amides is 2. The average molecular weight is 539 g/mol. The van der Waals surface area contributed by atoms with Crippen LogP contribution in [0.5, 0.6) is 0 Å². The Labute approximate surface area is 226 Å². The standard InChI is InChI=1S/C29H28Cl2N2O4/c1-28(2,3)37-27(36)33-11-9-17(10-12-33)23-15-21(34)16-24(18-5-4-6-19(30)13-18)29(23)22-8-7-20(31)14-25(22)32-26(29)35/h4-9,13-15,24H,10-12,16H2,1-3H3,(H,32,35)/t24-,29+/m0/s1. The highest BCUT2D eigenvalue weighted by Crippen LogP contribution is 2.57. The molecule has 1 N–H and O–H groups in total. The molecule has 0 saturated heterocycles. The molecule has 2 aliphatic heterocycles. The molecule has 192 valence electrons. The van der Waals surface area contributed by atoms with E-state index in [1.807, 2.05) is 51.1 Å². The normalized spacial score (nSPS) is 23.4. The van der Waals surface area contributed by atoms with Gasteiger partial charge >= 0.3 is 6.09 Å². The lowest BCUT2D eigenvalue weighted by Crippen LogP contribution is -2.47. The lowest BCUT2D eigenvalue weighted by molar-refractivity contribution is -0.122. The first-order valence-electron chi connectivity index (χ1n) is 12.3. The van der Waals surface area contributed by atoms with Gasteiger partial charge in [0.25, 0.3) is 0 Å². The van der Waals surface area contributed by atoms with Crippen molar-refractivity contribution >= 4 is 46.7 Å². The van der Waals surface area contributed by atoms with E-state index in [9.17, 15) is 14.4 Å². The third-order valence-electron chi connectivity index (χ3n) is 7.13. The molecule has 0 bridgehead atoms. The number of nitrogens with zero attached hydrogens (tertiary/aromatic N) is 1. The van der Waals surface area contributed by atoms with Gasteiger partial charge in [-0.3, -0.25) is 9.59 Å². The van der Waals surface area contributed by atoms with Gasteiger partial charge in [-0.1, -0.05) is 47.5 Å². The van der Waals surface area contributed by atoms with Gasteiger partial charge in [0, 0.05) is 41.2 Å². The molecule has 5 rings (SSSR count). The number of halogens is 2. The number of ether oxygens (including phenoxy) is 1. The first-order chi connectivity index (χ1) is 17.5. The third kappa shape index (κ3) is 4.57. The van der Waals surface area contributed by atoms with Crippen LogP contribution < -0.4 is 5.32 Å². The summed E-state index contributed by atoms with van der Waals surface area (Å²) in [6.45, 7) is 6.23. The van der Waals surface area contributed by atoms with E-state index in [0.717, 1.165) is 16.7 Å². The summed E-state index contributed by atoms with van der Waals surface area (Å²) in [5.41, 5.74) is 2.03. The van der Waals surface area contributed by atoms with Gasteiger partial charge in [0.1, 0.15) is 11.0 Å². The Morgan fingerprint density at radius 3 is 2.54 bits per heavy atom. The maximum absolute atomic E-state index is 14.0. The van der Waals surface area contributed by atoms with Gasteiger partial charge in [0.2, 0.25) is 5.91 Å². The number of carbonyl (C=O) groups is 3. The Kier molecular flexibility index (Phi) is 6.45. The zero-order valence-corrected chi connectivity index (χ0v) is 22.4. The molecule has 2 aromatic rings. The fraction of sp³-hybridized carbons (Fsp3) is 0.345. The Morgan fingerprint density at radius 1 is 1.11 bits per heavy atom. The van der Waals surface area contributed by atoms with Crippen LogP contribution in [-0.2, 0) is 19.7 Å². The maximum atomic E-state index is 14.0. The molecule has 1 spiro atoms. The molecule has 6 nitrogen and oxygen atoms in total. The fourth-order valence-corrected chi connectivity index (χ4v) is 6.01. The highest BCUT2D eigenvalue weighted by molar-refractivity contribution is 6.31. The van der Waals surface area contributed by atoms with E-state index < -0.39 is 16.9 Å². The molecule has 8 heteroatoms. The van der Waals surface area contributed by atoms with Crippen molar-refractivity contribution in [2.45, 2.75) is 50.5 Å². The van der Waals surface area contributed by atoms with Gasteiger partial charge in [0.05, 0.1) is 0 Å². The lowest BCUT2D eigenvalue weighted by atomic mass is 9.57. The first kappa shape index (κ1) is 25.6. The van der Waals surface area contributed by atoms with Gasteiger partial charge in [-0.15, -0.1) is 0 Å². The number of benzene rings is 2. The molecule has 2 heterocycles. The Balaban J connectivity index is 1.63. The molecule has 0 radical (unpaired) electrons. The monoisotopic (exact) mass is 538 g/mol. The number of ketones is 1. The zero-order valence-electron chi connectivity index (χ0n) is 20.9. The molecule has 0 saturated carbocycles. The molecule has 1 aliphatic carbocycles. The molecule has 0 fully saturated rings. The largest absolute Gasteiger partial charge is 0.444 e. The van der Waals surface area contributed by atoms with Gasteiger partial charge in [0.15, 0.2) is 5.78 Å². The van der Waals surface area contributed by atoms with E-state index in [-0.39, 0.29) is 24.2 Å². The van der Waals surface area contributed by atoms with Crippen LogP contribution >= 0.6 is 23.2 Å². The average Bonchev–Trinajstić information content (AvgIpc) is 3.10. The summed E-state index contributed by atoms with van der Waals surface area (Å²) in [6.07, 6.45) is 3.80. The quantitative estimate of drug-likeness (QED) is 0.477. The van der Waals surface area contributed by atoms with Crippen molar-refractivity contribution < 1.29 is 19.1 Å². The summed E-state index contributed by atoms with van der Waals surface area (Å²) < 4.78 is 5.53. The predicted octanol–water partition coefficient (Wildman–Crippen LogP) is 6.43. The minimum Gasteiger partial charge on any atom is -0.444 e. The second kappa shape index (κ2) is 9.34. The Bertz CT molecular complexity index is 1370. The van der Waals surface area contributed by atoms with Gasteiger partial charge in [-0.2, -0.15) is 0 Å². The van der Waals surface area contributed by atoms with E-state index in [0.29, 0.717) is 40.8 Å². The molecule has 2 aromatic carbocycles. The summed E-state index contributed by atoms with van der Waals surface area (Å²) >= 11 is 12.6. The highest BCUT2D eigenvalue weighted by Gasteiger charge is 2.58. The van der Waals surface area contributed by atoms with Crippen molar-refractivity contribution in [2.24, 2.45) is 0 Å². The summed E-state index contributed by atoms with van der Waals surface area (Å²) in [4.78, 5) is 41.4. The van der Waals surface area contributed by atoms with E-state index in [1.54, 1.807) is 29.2 Å². The van der Waals surface area contributed by atoms with Crippen molar-refractivity contribution in [3.8, 4) is 0 Å². The van der Waals surface area contributed by atoms with Gasteiger partial charge in [-0.05, 0) is 79.8 Å². The smallest absolute Gasteiger partial charge is 0.410 e. The van der Waals surface area contributed by atoms with Crippen molar-refractivity contribution in [3.63, 3.8) is 0 Å². The van der Waals surface area contributed by atoms with E-state index >= 15 is 0 Å². The molecule has 2 amide bonds. The topological polar surface area (TPSA) is 75.7 Å². The molecule has 3 aliphatic rings. The number of anilines is 1. The second-order valence-electron chi connectivity index (χ2n) is 10.7. The van der Waals surface area contributed by atoms with Crippen LogP contribution in [0.1, 0.15) is 50.7 Å². The number of allylic oxidation sites excluding steroid dienone is 1. The SMILES string of the molecule is CC(C)(C)OC(=O)N1CC=C(C2=CC(=O)C[C@@H](c3cccc(Cl)c3)[C@]23C(=O)Nc2cc(Cl)ccc23)CC1. The zero-order chi connectivity index (χ0) is 26.5. The summed E-state index contributed by atoms with van der Waals surface area (Å²) in [5, 5.41) is 4.08. The van der Waals surface area contributed by atoms with Crippen LogP contribution in [0.25, 0.3) is 0 Å². The molecule has 0 aromatic heterocycles. The third-order valence-corrected chi connectivity index (χ3v) is 7.60. The highest BCUT2D eigenvalue weighted by atomic mass is 35.5. The van der Waals surface area contributed by atoms with Crippen molar-refractivity contribution in [1.82, 2.24) is 4.90 Å². The number of rotatable bonds is 2. The minimum absolute atomic E-state index is 0.0590. The van der Waals surface area contributed by atoms with E-state index in [1.165, 1.54) is 0 Å². The molecular formula is C29H28Cl2N2O4. The summed E-state index contributed by atoms with van der Waals surface area (Å²) in [7, 11) is 0. The van der Waals surface area contributed by atoms with Crippen LogP contribution in [0.3, 0.4) is 0 Å². The van der Waals surface area contributed by atoms with Crippen LogP contribution in [0.15, 0.2) is 65.8 Å². The van der Waals surface area contributed by atoms with Crippen LogP contribution in [0.2, 0.25) is 10.0 Å². The lowest BCUT2D eigenvalue weighted by Gasteiger charge is -2.43. The fourth-order valence-electron chi connectivity index (χ4n) is 5.64. The number of nitrogens with one attached hydrogen (secondary N) is 1. The molecule has 2 atom stereocenters. The predicted molar refractivity (Wildman–Crippen MR) is 144 cm³/mol. The number of hydrogen-bond donors (Lipinski definition) is 1. The van der Waals surface area contributed by atoms with Crippen LogP contribution in [0.4, 0.5) is 10.5 Å². The van der Waals surface area contributed by atoms with Crippen molar-refractivity contribution in [3.05, 3.63) is 86.9 Å². The van der Waals surface area contributed by atoms with Crippen molar-refractivity contribution in [2.75, 3.05) is 18.4 Å².